The minimum Gasteiger partial charge on any atom is -0.481 e. The molecule has 2 unspecified atom stereocenters. The molecule has 1 fully saturated rings. The third-order valence-electron chi connectivity index (χ3n) is 6.54. The number of halogens is 2. The quantitative estimate of drug-likeness (QED) is 0.540. The predicted molar refractivity (Wildman–Crippen MR) is 120 cm³/mol. The molecule has 2 aromatic rings. The van der Waals surface area contributed by atoms with Gasteiger partial charge in [0.15, 0.2) is 0 Å². The highest BCUT2D eigenvalue weighted by Gasteiger charge is 2.42. The van der Waals surface area contributed by atoms with Crippen molar-refractivity contribution >= 4 is 18.0 Å². The van der Waals surface area contributed by atoms with Gasteiger partial charge in [-0.25, -0.2) is 4.79 Å². The molecular weight excluding hydrogens is 446 g/mol. The first-order valence-corrected chi connectivity index (χ1v) is 11.3. The zero-order chi connectivity index (χ0) is 24.3. The van der Waals surface area contributed by atoms with Crippen molar-refractivity contribution in [3.8, 4) is 11.1 Å². The molecule has 0 saturated heterocycles. The summed E-state index contributed by atoms with van der Waals surface area (Å²) in [5.74, 6) is -7.02. The van der Waals surface area contributed by atoms with Gasteiger partial charge in [-0.15, -0.1) is 0 Å². The summed E-state index contributed by atoms with van der Waals surface area (Å²) < 4.78 is 33.9. The number of alkyl halides is 2. The van der Waals surface area contributed by atoms with Crippen molar-refractivity contribution in [3.05, 3.63) is 59.7 Å². The van der Waals surface area contributed by atoms with E-state index in [0.29, 0.717) is 19.3 Å². The van der Waals surface area contributed by atoms with Gasteiger partial charge in [-0.2, -0.15) is 8.78 Å². The fourth-order valence-corrected chi connectivity index (χ4v) is 4.88. The summed E-state index contributed by atoms with van der Waals surface area (Å²) in [5, 5.41) is 13.2. The van der Waals surface area contributed by atoms with Crippen molar-refractivity contribution in [2.24, 2.45) is 5.92 Å². The summed E-state index contributed by atoms with van der Waals surface area (Å²) >= 11 is 0. The molecule has 2 aliphatic rings. The predicted octanol–water partition coefficient (Wildman–Crippen LogP) is 3.92. The summed E-state index contributed by atoms with van der Waals surface area (Å²) in [6.45, 7) is -1.25. The van der Waals surface area contributed by atoms with Gasteiger partial charge in [0.1, 0.15) is 6.61 Å². The maximum atomic E-state index is 14.4. The Kier molecular flexibility index (Phi) is 6.81. The number of fused-ring (bicyclic) bond motifs is 3. The third kappa shape index (κ3) is 5.03. The number of hydrogen-bond acceptors (Lipinski definition) is 4. The van der Waals surface area contributed by atoms with Crippen molar-refractivity contribution in [2.45, 2.75) is 43.6 Å². The van der Waals surface area contributed by atoms with Gasteiger partial charge in [0.25, 0.3) is 5.91 Å². The second kappa shape index (κ2) is 9.79. The molecule has 34 heavy (non-hydrogen) atoms. The number of carboxylic acids is 1. The lowest BCUT2D eigenvalue weighted by atomic mass is 9.98. The highest BCUT2D eigenvalue weighted by atomic mass is 19.3. The van der Waals surface area contributed by atoms with Crippen LogP contribution in [-0.4, -0.2) is 48.2 Å². The van der Waals surface area contributed by atoms with Crippen molar-refractivity contribution in [1.82, 2.24) is 10.6 Å². The Balaban J connectivity index is 1.30. The number of carbonyl (C=O) groups is 3. The van der Waals surface area contributed by atoms with Crippen LogP contribution in [0.15, 0.2) is 48.5 Å². The molecular formula is C25H26F2N2O5. The van der Waals surface area contributed by atoms with E-state index in [9.17, 15) is 23.2 Å². The van der Waals surface area contributed by atoms with Crippen LogP contribution in [-0.2, 0) is 14.3 Å². The van der Waals surface area contributed by atoms with Crippen LogP contribution >= 0.6 is 0 Å². The van der Waals surface area contributed by atoms with E-state index in [0.717, 1.165) is 22.3 Å². The van der Waals surface area contributed by atoms with Crippen LogP contribution in [0.2, 0.25) is 0 Å². The van der Waals surface area contributed by atoms with Crippen LogP contribution in [0.25, 0.3) is 11.1 Å². The summed E-state index contributed by atoms with van der Waals surface area (Å²) in [6, 6.07) is 14.9. The molecule has 0 radical (unpaired) electrons. The second-order valence-corrected chi connectivity index (χ2v) is 8.75. The molecule has 0 bridgehead atoms. The number of benzene rings is 2. The summed E-state index contributed by atoms with van der Waals surface area (Å²) in [6.07, 6.45) is 0.431. The van der Waals surface area contributed by atoms with Gasteiger partial charge in [-0.3, -0.25) is 9.59 Å². The van der Waals surface area contributed by atoms with Gasteiger partial charge in [0, 0.05) is 12.0 Å². The first-order valence-electron chi connectivity index (χ1n) is 11.3. The minimum absolute atomic E-state index is 0.0312. The average Bonchev–Trinajstić information content (AvgIpc) is 3.37. The van der Waals surface area contributed by atoms with Crippen LogP contribution in [0, 0.1) is 5.92 Å². The van der Waals surface area contributed by atoms with Gasteiger partial charge in [0.2, 0.25) is 0 Å². The molecule has 0 aliphatic heterocycles. The number of aliphatic carboxylic acids is 1. The topological polar surface area (TPSA) is 105 Å². The van der Waals surface area contributed by atoms with Crippen LogP contribution < -0.4 is 10.6 Å². The molecule has 0 heterocycles. The Labute approximate surface area is 195 Å². The van der Waals surface area contributed by atoms with E-state index in [1.807, 2.05) is 53.8 Å². The molecule has 2 amide bonds. The molecule has 0 aromatic heterocycles. The molecule has 1 saturated carbocycles. The minimum atomic E-state index is -3.86. The first-order chi connectivity index (χ1) is 16.3. The van der Waals surface area contributed by atoms with Crippen LogP contribution in [0.1, 0.15) is 42.7 Å². The molecule has 4 rings (SSSR count). The summed E-state index contributed by atoms with van der Waals surface area (Å²) in [4.78, 5) is 35.2. The molecule has 3 N–H and O–H groups in total. The number of nitrogens with one attached hydrogen (secondary N) is 2. The highest BCUT2D eigenvalue weighted by Crippen LogP contribution is 2.44. The van der Waals surface area contributed by atoms with E-state index < -0.39 is 36.5 Å². The zero-order valence-corrected chi connectivity index (χ0v) is 18.4. The van der Waals surface area contributed by atoms with Crippen LogP contribution in [0.5, 0.6) is 0 Å². The van der Waals surface area contributed by atoms with Gasteiger partial charge >= 0.3 is 18.0 Å². The maximum Gasteiger partial charge on any atom is 0.407 e. The van der Waals surface area contributed by atoms with Crippen LogP contribution in [0.4, 0.5) is 13.6 Å². The van der Waals surface area contributed by atoms with E-state index in [2.05, 4.69) is 5.32 Å². The first kappa shape index (κ1) is 23.7. The second-order valence-electron chi connectivity index (χ2n) is 8.75. The fourth-order valence-electron chi connectivity index (χ4n) is 4.88. The number of rotatable bonds is 8. The number of amides is 2. The normalized spacial score (nSPS) is 19.2. The maximum absolute atomic E-state index is 14.4. The highest BCUT2D eigenvalue weighted by molar-refractivity contribution is 5.85. The van der Waals surface area contributed by atoms with Crippen molar-refractivity contribution in [2.75, 3.05) is 13.2 Å². The van der Waals surface area contributed by atoms with Crippen molar-refractivity contribution in [1.29, 1.82) is 0 Å². The van der Waals surface area contributed by atoms with Gasteiger partial charge < -0.3 is 20.5 Å². The number of alkyl carbamates (subject to hydrolysis) is 1. The largest absolute Gasteiger partial charge is 0.481 e. The van der Waals surface area contributed by atoms with E-state index in [4.69, 9.17) is 9.84 Å². The Bertz CT molecular complexity index is 1040. The lowest BCUT2D eigenvalue weighted by Gasteiger charge is -2.23. The van der Waals surface area contributed by atoms with Crippen molar-refractivity contribution < 1.29 is 33.0 Å². The van der Waals surface area contributed by atoms with E-state index in [1.54, 1.807) is 0 Å². The van der Waals surface area contributed by atoms with E-state index in [1.165, 1.54) is 0 Å². The lowest BCUT2D eigenvalue weighted by molar-refractivity contribution is -0.146. The lowest BCUT2D eigenvalue weighted by Crippen LogP contribution is -2.51. The average molecular weight is 472 g/mol. The Hall–Kier alpha value is -3.49. The SMILES string of the molecule is O=C(O)CC1CCCC1NC(=O)C(F)(F)CNC(=O)OCC1c2ccccc2-c2ccccc21. The Morgan fingerprint density at radius 2 is 1.62 bits per heavy atom. The summed E-state index contributed by atoms with van der Waals surface area (Å²) in [7, 11) is 0. The molecule has 0 spiro atoms. The number of hydrogen-bond donors (Lipinski definition) is 3. The van der Waals surface area contributed by atoms with Gasteiger partial charge in [-0.1, -0.05) is 55.0 Å². The van der Waals surface area contributed by atoms with E-state index >= 15 is 0 Å². The standard InChI is InChI=1S/C25H26F2N2O5/c26-25(27,23(32)29-21-11-5-6-15(21)12-22(30)31)14-28-24(33)34-13-20-18-9-3-1-7-16(18)17-8-2-4-10-19(17)20/h1-4,7-10,15,20-21H,5-6,11-14H2,(H,28,33)(H,29,32)(H,30,31). The smallest absolute Gasteiger partial charge is 0.407 e. The van der Waals surface area contributed by atoms with Gasteiger partial charge in [0.05, 0.1) is 13.0 Å². The Morgan fingerprint density at radius 3 is 2.24 bits per heavy atom. The molecule has 2 atom stereocenters. The molecule has 9 heteroatoms. The number of carbonyl (C=O) groups excluding carboxylic acids is 2. The molecule has 7 nitrogen and oxygen atoms in total. The summed E-state index contributed by atoms with van der Waals surface area (Å²) in [5.41, 5.74) is 4.08. The monoisotopic (exact) mass is 472 g/mol. The third-order valence-corrected chi connectivity index (χ3v) is 6.54. The van der Waals surface area contributed by atoms with Crippen LogP contribution in [0.3, 0.4) is 0 Å². The molecule has 2 aromatic carbocycles. The van der Waals surface area contributed by atoms with Gasteiger partial charge in [-0.05, 0) is 41.0 Å². The molecule has 180 valence electrons. The number of ether oxygens (including phenoxy) is 1. The molecule has 2 aliphatic carbocycles. The van der Waals surface area contributed by atoms with Crippen molar-refractivity contribution in [3.63, 3.8) is 0 Å². The Morgan fingerprint density at radius 1 is 1.00 bits per heavy atom. The van der Waals surface area contributed by atoms with E-state index in [-0.39, 0.29) is 24.9 Å². The number of carboxylic acid groups (broad SMARTS) is 1. The fraction of sp³-hybridized carbons (Fsp3) is 0.400. The zero-order valence-electron chi connectivity index (χ0n) is 18.4.